The number of ketones is 1. The summed E-state index contributed by atoms with van der Waals surface area (Å²) in [6.07, 6.45) is 0.168. The number of Topliss-reactive ketones (excluding diaryl/α,β-unsaturated/α-hetero) is 1. The van der Waals surface area contributed by atoms with E-state index in [1.54, 1.807) is 31.1 Å². The quantitative estimate of drug-likeness (QED) is 0.260. The van der Waals surface area contributed by atoms with Gasteiger partial charge in [0.2, 0.25) is 0 Å². The van der Waals surface area contributed by atoms with Crippen molar-refractivity contribution in [1.29, 1.82) is 0 Å². The largest absolute Gasteiger partial charge is 0.510 e. The molecule has 5 atom stereocenters. The van der Waals surface area contributed by atoms with Gasteiger partial charge in [-0.1, -0.05) is 12.6 Å². The molecule has 2 amide bonds. The van der Waals surface area contributed by atoms with Crippen LogP contribution in [0.2, 0.25) is 0 Å². The first-order chi connectivity index (χ1) is 19.7. The number of phenolic OH excluding ortho intramolecular Hbond substituents is 1. The van der Waals surface area contributed by atoms with E-state index in [2.05, 4.69) is 21.1 Å². The number of benzene rings is 2. The molecule has 6 N–H and O–H groups in total. The summed E-state index contributed by atoms with van der Waals surface area (Å²) in [7, 11) is 7.25. The van der Waals surface area contributed by atoms with Gasteiger partial charge in [-0.3, -0.25) is 19.3 Å². The highest BCUT2D eigenvalue weighted by atomic mass is 31.0. The average molecular weight is 596 g/mol. The van der Waals surface area contributed by atoms with Crippen molar-refractivity contribution in [3.05, 3.63) is 81.9 Å². The number of methoxy groups -OCH3 is 1. The van der Waals surface area contributed by atoms with Crippen LogP contribution in [0.3, 0.4) is 0 Å². The number of hydrogen-bond acceptors (Lipinski definition) is 8. The maximum atomic E-state index is 15.6. The molecule has 1 unspecified atom stereocenters. The van der Waals surface area contributed by atoms with E-state index in [4.69, 9.17) is 10.5 Å². The van der Waals surface area contributed by atoms with Crippen molar-refractivity contribution in [2.45, 2.75) is 24.0 Å². The fourth-order valence-electron chi connectivity index (χ4n) is 6.56. The molecule has 0 spiro atoms. The number of nitrogens with two attached hydrogens (primary N) is 1. The van der Waals surface area contributed by atoms with E-state index in [9.17, 15) is 29.7 Å². The van der Waals surface area contributed by atoms with Gasteiger partial charge in [-0.15, -0.1) is 9.24 Å². The van der Waals surface area contributed by atoms with E-state index >= 15 is 4.39 Å². The second-order valence-corrected chi connectivity index (χ2v) is 11.9. The topological polar surface area (TPSA) is 162 Å². The third kappa shape index (κ3) is 4.18. The van der Waals surface area contributed by atoms with Gasteiger partial charge in [0.25, 0.3) is 11.8 Å². The van der Waals surface area contributed by atoms with E-state index in [1.807, 2.05) is 0 Å². The summed E-state index contributed by atoms with van der Waals surface area (Å²) in [5, 5.41) is 34.6. The van der Waals surface area contributed by atoms with Crippen LogP contribution in [0.1, 0.15) is 27.9 Å². The van der Waals surface area contributed by atoms with Gasteiger partial charge in [0.15, 0.2) is 11.5 Å². The number of carbonyl (C=O) groups is 3. The molecule has 1 fully saturated rings. The Kier molecular flexibility index (Phi) is 7.15. The number of carbonyl (C=O) groups excluding carboxylic acids is 3. The molecule has 0 radical (unpaired) electrons. The van der Waals surface area contributed by atoms with Crippen LogP contribution in [-0.4, -0.2) is 70.2 Å². The van der Waals surface area contributed by atoms with Gasteiger partial charge in [0.05, 0.1) is 35.1 Å². The molecule has 0 bridgehead atoms. The second-order valence-electron chi connectivity index (χ2n) is 11.0. The van der Waals surface area contributed by atoms with Crippen LogP contribution in [0.4, 0.5) is 10.1 Å². The number of primary amides is 1. The van der Waals surface area contributed by atoms with Crippen LogP contribution < -0.4 is 15.8 Å². The number of hydrogen-bond donors (Lipinski definition) is 5. The fourth-order valence-corrected chi connectivity index (χ4v) is 7.18. The maximum absolute atomic E-state index is 15.6. The highest BCUT2D eigenvalue weighted by Crippen LogP contribution is 2.58. The molecule has 0 aromatic heterocycles. The number of halogens is 1. The van der Waals surface area contributed by atoms with E-state index in [1.165, 1.54) is 19.2 Å². The molecule has 10 nitrogen and oxygen atoms in total. The summed E-state index contributed by atoms with van der Waals surface area (Å²) in [6.45, 7) is 3.95. The molecule has 2 aromatic carbocycles. The molecule has 12 heteroatoms. The van der Waals surface area contributed by atoms with Gasteiger partial charge < -0.3 is 31.1 Å². The molecule has 42 heavy (non-hydrogen) atoms. The van der Waals surface area contributed by atoms with Gasteiger partial charge in [-0.2, -0.15) is 0 Å². The highest BCUT2D eigenvalue weighted by molar-refractivity contribution is 7.22. The van der Waals surface area contributed by atoms with Crippen molar-refractivity contribution >= 4 is 38.3 Å². The number of aliphatic hydroxyl groups is 2. The molecule has 220 valence electrons. The minimum absolute atomic E-state index is 0.00940. The lowest BCUT2D eigenvalue weighted by atomic mass is 9.58. The summed E-state index contributed by atoms with van der Waals surface area (Å²) < 4.78 is 20.7. The Morgan fingerprint density at radius 2 is 1.93 bits per heavy atom. The molecule has 0 heterocycles. The van der Waals surface area contributed by atoms with Gasteiger partial charge >= 0.3 is 0 Å². The number of rotatable bonds is 5. The van der Waals surface area contributed by atoms with Gasteiger partial charge in [-0.05, 0) is 56.6 Å². The molecule has 2 aromatic rings. The average Bonchev–Trinajstić information content (AvgIpc) is 2.93. The Morgan fingerprint density at radius 1 is 1.24 bits per heavy atom. The molecule has 3 aliphatic carbocycles. The predicted octanol–water partition coefficient (Wildman–Crippen LogP) is 3.23. The van der Waals surface area contributed by atoms with Crippen molar-refractivity contribution in [3.8, 4) is 11.5 Å². The zero-order valence-electron chi connectivity index (χ0n) is 23.2. The Morgan fingerprint density at radius 3 is 2.55 bits per heavy atom. The minimum Gasteiger partial charge on any atom is -0.510 e. The molecule has 3 aliphatic rings. The maximum Gasteiger partial charge on any atom is 0.255 e. The number of nitrogens with zero attached hydrogens (tertiary/aromatic N) is 1. The Labute approximate surface area is 243 Å². The van der Waals surface area contributed by atoms with E-state index in [0.29, 0.717) is 5.75 Å². The molecular weight excluding hydrogens is 564 g/mol. The standard InChI is InChI=1S/C30H31FN3O7P/c1-12-20(28(32)39)26(37)23(34(2)3)17-10-14-9-16-18(31)11-19(33-29(40)13-6-5-7-15(8-13)41-4)24(35)22(16)25(36)21(14)27(38)30(12,17)42/h5-8,11,14,17,23,35-37H,1,9-10,42H2,2-4H3,(H2,32,39)(H,33,40)/t14-,17-,23-,30-/m0/s1. The van der Waals surface area contributed by atoms with Crippen LogP contribution in [0.25, 0.3) is 5.76 Å². The second kappa shape index (κ2) is 10.3. The molecule has 0 saturated heterocycles. The summed E-state index contributed by atoms with van der Waals surface area (Å²) in [5.41, 5.74) is 4.79. The Hall–Kier alpha value is -4.21. The summed E-state index contributed by atoms with van der Waals surface area (Å²) in [5.74, 6) is -5.44. The lowest BCUT2D eigenvalue weighted by Gasteiger charge is -2.53. The Balaban J connectivity index is 1.61. The normalized spacial score (nSPS) is 25.1. The van der Waals surface area contributed by atoms with Gasteiger partial charge in [0, 0.05) is 28.7 Å². The molecule has 5 rings (SSSR count). The van der Waals surface area contributed by atoms with Crippen LogP contribution in [-0.2, 0) is 16.0 Å². The third-order valence-corrected chi connectivity index (χ3v) is 9.59. The SMILES string of the molecule is C=C1C(C(N)=O)=C(O)[C@@H](N(C)C)[C@@H]2C[C@@H]3Cc4c(F)cc(NC(=O)c5cccc(OC)c5)c(O)c4C(O)=C3C(=O)[C@]12P. The minimum atomic E-state index is -1.53. The summed E-state index contributed by atoms with van der Waals surface area (Å²) >= 11 is 0. The monoisotopic (exact) mass is 595 g/mol. The number of nitrogens with one attached hydrogen (secondary N) is 1. The fraction of sp³-hybridized carbons (Fsp3) is 0.300. The lowest BCUT2D eigenvalue weighted by Crippen LogP contribution is -2.60. The first-order valence-corrected chi connectivity index (χ1v) is 13.7. The van der Waals surface area contributed by atoms with Crippen molar-refractivity contribution in [1.82, 2.24) is 4.90 Å². The number of ether oxygens (including phenoxy) is 1. The van der Waals surface area contributed by atoms with Crippen LogP contribution >= 0.6 is 9.24 Å². The zero-order chi connectivity index (χ0) is 30.8. The highest BCUT2D eigenvalue weighted by Gasteiger charge is 2.60. The molecule has 1 saturated carbocycles. The van der Waals surface area contributed by atoms with Crippen LogP contribution in [0.15, 0.2) is 59.4 Å². The number of amides is 2. The smallest absolute Gasteiger partial charge is 0.255 e. The van der Waals surface area contributed by atoms with Crippen molar-refractivity contribution in [3.63, 3.8) is 0 Å². The van der Waals surface area contributed by atoms with Crippen molar-refractivity contribution in [2.24, 2.45) is 17.6 Å². The van der Waals surface area contributed by atoms with Gasteiger partial charge in [-0.25, -0.2) is 4.39 Å². The molecular formula is C30H31FN3O7P. The lowest BCUT2D eigenvalue weighted by molar-refractivity contribution is -0.121. The number of likely N-dealkylation sites (N-methyl/N-ethyl adjacent to an activating group) is 1. The first-order valence-electron chi connectivity index (χ1n) is 13.1. The predicted molar refractivity (Wildman–Crippen MR) is 157 cm³/mol. The number of aromatic hydroxyl groups is 1. The van der Waals surface area contributed by atoms with Gasteiger partial charge in [0.1, 0.15) is 23.1 Å². The molecule has 0 aliphatic heterocycles. The number of anilines is 1. The van der Waals surface area contributed by atoms with E-state index in [-0.39, 0.29) is 57.7 Å². The van der Waals surface area contributed by atoms with E-state index in [0.717, 1.165) is 6.07 Å². The number of aliphatic hydroxyl groups excluding tert-OH is 2. The zero-order valence-corrected chi connectivity index (χ0v) is 24.3. The number of fused-ring (bicyclic) bond motifs is 3. The van der Waals surface area contributed by atoms with Crippen molar-refractivity contribution < 1.29 is 38.8 Å². The van der Waals surface area contributed by atoms with E-state index < -0.39 is 58.0 Å². The van der Waals surface area contributed by atoms with Crippen LogP contribution in [0.5, 0.6) is 11.5 Å². The van der Waals surface area contributed by atoms with Crippen molar-refractivity contribution in [2.75, 3.05) is 26.5 Å². The Bertz CT molecular complexity index is 1650. The first kappa shape index (κ1) is 29.3. The number of phenols is 1. The summed E-state index contributed by atoms with van der Waals surface area (Å²) in [6, 6.07) is 6.38. The number of allylic oxidation sites excluding steroid dienone is 1. The summed E-state index contributed by atoms with van der Waals surface area (Å²) in [4.78, 5) is 41.2. The van der Waals surface area contributed by atoms with Crippen LogP contribution in [0, 0.1) is 17.7 Å². The third-order valence-electron chi connectivity index (χ3n) is 8.55.